The smallest absolute Gasteiger partial charge is 0.254 e. The van der Waals surface area contributed by atoms with Gasteiger partial charge in [0, 0.05) is 12.1 Å². The molecule has 0 N–H and O–H groups in total. The third-order valence-corrected chi connectivity index (χ3v) is 7.02. The minimum Gasteiger partial charge on any atom is -0.493 e. The lowest BCUT2D eigenvalue weighted by atomic mass is 9.91. The first-order valence-corrected chi connectivity index (χ1v) is 14.2. The van der Waals surface area contributed by atoms with Crippen molar-refractivity contribution in [2.75, 3.05) is 47.2 Å². The van der Waals surface area contributed by atoms with Crippen molar-refractivity contribution in [3.63, 3.8) is 0 Å². The van der Waals surface area contributed by atoms with E-state index in [1.54, 1.807) is 26.4 Å². The number of methoxy groups -OCH3 is 2. The lowest BCUT2D eigenvalue weighted by Crippen LogP contribution is -2.42. The van der Waals surface area contributed by atoms with E-state index in [9.17, 15) is 4.79 Å². The van der Waals surface area contributed by atoms with Crippen LogP contribution in [-0.2, 0) is 6.42 Å². The molecule has 0 aromatic heterocycles. The van der Waals surface area contributed by atoms with Gasteiger partial charge in [-0.15, -0.1) is 0 Å². The molecule has 1 unspecified atom stereocenters. The third-order valence-electron chi connectivity index (χ3n) is 7.02. The van der Waals surface area contributed by atoms with E-state index in [1.165, 1.54) is 0 Å². The maximum atomic E-state index is 14.3. The molecule has 0 saturated heterocycles. The van der Waals surface area contributed by atoms with E-state index in [0.29, 0.717) is 67.1 Å². The average molecular weight is 564 g/mol. The number of hydrogen-bond acceptors (Lipinski definition) is 7. The summed E-state index contributed by atoms with van der Waals surface area (Å²) in [6.07, 6.45) is 0.662. The number of carbonyl (C=O) groups is 1. The van der Waals surface area contributed by atoms with Gasteiger partial charge in [-0.2, -0.15) is 0 Å². The molecular formula is C33H41NO7. The second kappa shape index (κ2) is 13.5. The van der Waals surface area contributed by atoms with Gasteiger partial charge in [-0.05, 0) is 99.7 Å². The lowest BCUT2D eigenvalue weighted by Gasteiger charge is -2.38. The summed E-state index contributed by atoms with van der Waals surface area (Å²) in [7, 11) is 3.24. The fourth-order valence-corrected chi connectivity index (χ4v) is 5.32. The molecule has 3 aromatic carbocycles. The number of ether oxygens (including phenoxy) is 6. The van der Waals surface area contributed by atoms with Gasteiger partial charge in [-0.3, -0.25) is 4.79 Å². The van der Waals surface area contributed by atoms with Gasteiger partial charge in [0.15, 0.2) is 23.0 Å². The highest BCUT2D eigenvalue weighted by Crippen LogP contribution is 2.42. The molecule has 0 bridgehead atoms. The Morgan fingerprint density at radius 1 is 0.756 bits per heavy atom. The van der Waals surface area contributed by atoms with Crippen LogP contribution < -0.4 is 28.4 Å². The topological polar surface area (TPSA) is 75.7 Å². The zero-order valence-electron chi connectivity index (χ0n) is 25.2. The van der Waals surface area contributed by atoms with E-state index in [4.69, 9.17) is 28.4 Å². The van der Waals surface area contributed by atoms with Crippen molar-refractivity contribution in [2.24, 2.45) is 0 Å². The van der Waals surface area contributed by atoms with Crippen LogP contribution in [0, 0.1) is 13.8 Å². The Balaban J connectivity index is 1.77. The van der Waals surface area contributed by atoms with Crippen LogP contribution in [0.3, 0.4) is 0 Å². The first kappa shape index (κ1) is 29.9. The number of carbonyl (C=O) groups excluding carboxylic acids is 1. The Morgan fingerprint density at radius 3 is 1.90 bits per heavy atom. The van der Waals surface area contributed by atoms with Gasteiger partial charge in [0.2, 0.25) is 5.75 Å². The van der Waals surface area contributed by atoms with Gasteiger partial charge in [0.25, 0.3) is 5.91 Å². The maximum absolute atomic E-state index is 14.3. The molecule has 1 aliphatic heterocycles. The third kappa shape index (κ3) is 6.64. The first-order chi connectivity index (χ1) is 19.8. The SMILES string of the molecule is CCOc1cc(C(=O)N2CCc3cc(OC)c(OC)cc3C2COc2cc(C)cc(C)c2)cc(OCC)c1OCC. The van der Waals surface area contributed by atoms with Crippen LogP contribution in [0.5, 0.6) is 34.5 Å². The minimum absolute atomic E-state index is 0.149. The summed E-state index contributed by atoms with van der Waals surface area (Å²) in [6, 6.07) is 13.2. The Kier molecular flexibility index (Phi) is 9.86. The quantitative estimate of drug-likeness (QED) is 0.255. The first-order valence-electron chi connectivity index (χ1n) is 14.2. The van der Waals surface area contributed by atoms with Crippen molar-refractivity contribution < 1.29 is 33.2 Å². The normalized spacial score (nSPS) is 14.2. The molecule has 0 fully saturated rings. The van der Waals surface area contributed by atoms with E-state index < -0.39 is 0 Å². The highest BCUT2D eigenvalue weighted by atomic mass is 16.5. The summed E-state index contributed by atoms with van der Waals surface area (Å²) < 4.78 is 35.2. The zero-order chi connectivity index (χ0) is 29.5. The van der Waals surface area contributed by atoms with E-state index in [-0.39, 0.29) is 18.6 Å². The summed E-state index contributed by atoms with van der Waals surface area (Å²) in [5.74, 6) is 3.35. The summed E-state index contributed by atoms with van der Waals surface area (Å²) >= 11 is 0. The molecule has 220 valence electrons. The maximum Gasteiger partial charge on any atom is 0.254 e. The summed E-state index contributed by atoms with van der Waals surface area (Å²) in [4.78, 5) is 16.1. The number of fused-ring (bicyclic) bond motifs is 1. The van der Waals surface area contributed by atoms with Crippen LogP contribution in [0.1, 0.15) is 59.4 Å². The van der Waals surface area contributed by atoms with Crippen LogP contribution in [0.2, 0.25) is 0 Å². The number of rotatable bonds is 12. The Morgan fingerprint density at radius 2 is 1.34 bits per heavy atom. The fourth-order valence-electron chi connectivity index (χ4n) is 5.32. The van der Waals surface area contributed by atoms with Gasteiger partial charge in [0.1, 0.15) is 12.4 Å². The summed E-state index contributed by atoms with van der Waals surface area (Å²) in [5.41, 5.74) is 4.75. The molecule has 1 atom stereocenters. The monoisotopic (exact) mass is 563 g/mol. The number of hydrogen-bond donors (Lipinski definition) is 0. The Labute approximate surface area is 243 Å². The second-order valence-electron chi connectivity index (χ2n) is 9.91. The van der Waals surface area contributed by atoms with E-state index >= 15 is 0 Å². The molecule has 0 spiro atoms. The second-order valence-corrected chi connectivity index (χ2v) is 9.91. The molecule has 4 rings (SSSR count). The standard InChI is InChI=1S/C33H41NO7/c1-8-38-30-17-24(18-31(39-9-2)32(30)40-10-3)33(35)34-12-11-23-16-28(36-6)29(37-7)19-26(23)27(34)20-41-25-14-21(4)13-22(5)15-25/h13-19,27H,8-12,20H2,1-7H3. The predicted molar refractivity (Wildman–Crippen MR) is 158 cm³/mol. The van der Waals surface area contributed by atoms with Gasteiger partial charge in [0.05, 0.1) is 40.1 Å². The van der Waals surface area contributed by atoms with E-state index in [2.05, 4.69) is 6.07 Å². The molecule has 0 radical (unpaired) electrons. The summed E-state index contributed by atoms with van der Waals surface area (Å²) in [5, 5.41) is 0. The average Bonchev–Trinajstić information content (AvgIpc) is 2.95. The number of aryl methyl sites for hydroxylation is 2. The van der Waals surface area contributed by atoms with Gasteiger partial charge < -0.3 is 33.3 Å². The fraction of sp³-hybridized carbons (Fsp3) is 0.424. The molecule has 1 heterocycles. The molecule has 8 heteroatoms. The van der Waals surface area contributed by atoms with Gasteiger partial charge in [-0.1, -0.05) is 6.07 Å². The molecule has 3 aromatic rings. The zero-order valence-corrected chi connectivity index (χ0v) is 25.2. The molecule has 1 amide bonds. The number of amides is 1. The largest absolute Gasteiger partial charge is 0.493 e. The van der Waals surface area contributed by atoms with Crippen molar-refractivity contribution in [3.8, 4) is 34.5 Å². The van der Waals surface area contributed by atoms with Crippen LogP contribution in [-0.4, -0.2) is 58.0 Å². The highest BCUT2D eigenvalue weighted by Gasteiger charge is 2.34. The Bertz CT molecular complexity index is 1320. The number of benzene rings is 3. The Hall–Kier alpha value is -4.07. The van der Waals surface area contributed by atoms with E-state index in [0.717, 1.165) is 28.0 Å². The molecule has 0 aliphatic carbocycles. The molecule has 0 saturated carbocycles. The van der Waals surface area contributed by atoms with E-state index in [1.807, 2.05) is 63.8 Å². The minimum atomic E-state index is -0.371. The molecule has 41 heavy (non-hydrogen) atoms. The van der Waals surface area contributed by atoms with Crippen LogP contribution >= 0.6 is 0 Å². The number of nitrogens with zero attached hydrogens (tertiary/aromatic N) is 1. The highest BCUT2D eigenvalue weighted by molar-refractivity contribution is 5.96. The van der Waals surface area contributed by atoms with Crippen LogP contribution in [0.4, 0.5) is 0 Å². The summed E-state index contributed by atoms with van der Waals surface area (Å²) in [6.45, 7) is 11.8. The van der Waals surface area contributed by atoms with Crippen molar-refractivity contribution in [2.45, 2.75) is 47.1 Å². The van der Waals surface area contributed by atoms with Crippen LogP contribution in [0.15, 0.2) is 42.5 Å². The van der Waals surface area contributed by atoms with Crippen molar-refractivity contribution in [1.82, 2.24) is 4.90 Å². The lowest BCUT2D eigenvalue weighted by molar-refractivity contribution is 0.0588. The van der Waals surface area contributed by atoms with Gasteiger partial charge in [-0.25, -0.2) is 0 Å². The van der Waals surface area contributed by atoms with Gasteiger partial charge >= 0.3 is 0 Å². The van der Waals surface area contributed by atoms with Crippen molar-refractivity contribution in [3.05, 3.63) is 70.3 Å². The molecule has 8 nitrogen and oxygen atoms in total. The predicted octanol–water partition coefficient (Wildman–Crippen LogP) is 6.34. The molecule has 1 aliphatic rings. The van der Waals surface area contributed by atoms with Crippen molar-refractivity contribution >= 4 is 5.91 Å². The van der Waals surface area contributed by atoms with Crippen LogP contribution in [0.25, 0.3) is 0 Å². The van der Waals surface area contributed by atoms with Crippen molar-refractivity contribution in [1.29, 1.82) is 0 Å². The molecular weight excluding hydrogens is 522 g/mol.